The van der Waals surface area contributed by atoms with Crippen LogP contribution in [0.4, 0.5) is 4.39 Å². The zero-order valence-electron chi connectivity index (χ0n) is 13.5. The zero-order valence-corrected chi connectivity index (χ0v) is 13.5. The summed E-state index contributed by atoms with van der Waals surface area (Å²) in [7, 11) is 0. The summed E-state index contributed by atoms with van der Waals surface area (Å²) in [6.07, 6.45) is 8.11. The van der Waals surface area contributed by atoms with Gasteiger partial charge in [0.25, 0.3) is 0 Å². The molecule has 0 bridgehead atoms. The van der Waals surface area contributed by atoms with Crippen LogP contribution in [0.5, 0.6) is 0 Å². The molecule has 1 atom stereocenters. The van der Waals surface area contributed by atoms with E-state index in [0.29, 0.717) is 13.0 Å². The van der Waals surface area contributed by atoms with Gasteiger partial charge in [-0.1, -0.05) is 12.1 Å². The lowest BCUT2D eigenvalue weighted by atomic mass is 9.79. The lowest BCUT2D eigenvalue weighted by Crippen LogP contribution is -2.66. The highest BCUT2D eigenvalue weighted by Crippen LogP contribution is 2.36. The Morgan fingerprint density at radius 3 is 2.67 bits per heavy atom. The first-order valence-corrected chi connectivity index (χ1v) is 8.14. The van der Waals surface area contributed by atoms with E-state index in [0.717, 1.165) is 37.1 Å². The quantitative estimate of drug-likeness (QED) is 0.844. The molecule has 1 fully saturated rings. The van der Waals surface area contributed by atoms with Gasteiger partial charge in [0.2, 0.25) is 5.91 Å². The number of halogens is 1. The van der Waals surface area contributed by atoms with Gasteiger partial charge in [-0.25, -0.2) is 4.39 Å². The first kappa shape index (κ1) is 16.5. The molecule has 2 heterocycles. The summed E-state index contributed by atoms with van der Waals surface area (Å²) < 4.78 is 13.0. The Kier molecular flexibility index (Phi) is 4.85. The van der Waals surface area contributed by atoms with Crippen LogP contribution < -0.4 is 5.73 Å². The number of likely N-dealkylation sites (tertiary alicyclic amines) is 1. The van der Waals surface area contributed by atoms with Crippen molar-refractivity contribution < 1.29 is 9.18 Å². The smallest absolute Gasteiger partial charge is 0.238 e. The molecule has 1 aliphatic rings. The Morgan fingerprint density at radius 2 is 2.08 bits per heavy atom. The number of aromatic nitrogens is 2. The Morgan fingerprint density at radius 1 is 1.29 bits per heavy atom. The number of aryl methyl sites for hydroxylation is 1. The summed E-state index contributed by atoms with van der Waals surface area (Å²) >= 11 is 0. The molecule has 0 saturated carbocycles. The average molecular weight is 328 g/mol. The number of carbonyl (C=O) groups is 1. The molecule has 24 heavy (non-hydrogen) atoms. The Balaban J connectivity index is 1.62. The van der Waals surface area contributed by atoms with E-state index >= 15 is 0 Å². The van der Waals surface area contributed by atoms with E-state index in [1.807, 2.05) is 0 Å². The van der Waals surface area contributed by atoms with E-state index in [2.05, 4.69) is 14.9 Å². The van der Waals surface area contributed by atoms with Gasteiger partial charge in [0.1, 0.15) is 11.4 Å². The third-order valence-electron chi connectivity index (χ3n) is 4.79. The summed E-state index contributed by atoms with van der Waals surface area (Å²) in [5, 5.41) is 0. The van der Waals surface area contributed by atoms with Crippen molar-refractivity contribution in [1.29, 1.82) is 0 Å². The van der Waals surface area contributed by atoms with E-state index in [1.54, 1.807) is 30.7 Å². The summed E-state index contributed by atoms with van der Waals surface area (Å²) in [6.45, 7) is 1.43. The normalized spacial score (nSPS) is 20.5. The SMILES string of the molecule is NC(=O)[C@]1(CCCc2cnccn2)CCN1Cc1ccc(F)cc1. The molecule has 126 valence electrons. The molecule has 1 saturated heterocycles. The number of carbonyl (C=O) groups excluding carboxylic acids is 1. The molecule has 1 amide bonds. The lowest BCUT2D eigenvalue weighted by molar-refractivity contribution is -0.141. The molecular weight excluding hydrogens is 307 g/mol. The number of benzene rings is 1. The maximum Gasteiger partial charge on any atom is 0.238 e. The molecule has 1 aromatic heterocycles. The third kappa shape index (κ3) is 3.43. The van der Waals surface area contributed by atoms with Gasteiger partial charge in [-0.05, 0) is 43.4 Å². The second-order valence-corrected chi connectivity index (χ2v) is 6.24. The molecule has 6 heteroatoms. The second kappa shape index (κ2) is 7.05. The van der Waals surface area contributed by atoms with Crippen LogP contribution in [0.1, 0.15) is 30.5 Å². The molecule has 0 spiro atoms. The fourth-order valence-corrected chi connectivity index (χ4v) is 3.29. The van der Waals surface area contributed by atoms with Crippen molar-refractivity contribution in [3.8, 4) is 0 Å². The van der Waals surface area contributed by atoms with E-state index < -0.39 is 5.54 Å². The van der Waals surface area contributed by atoms with Crippen LogP contribution in [0, 0.1) is 5.82 Å². The molecular formula is C18H21FN4O. The molecule has 1 aliphatic heterocycles. The first-order chi connectivity index (χ1) is 11.6. The van der Waals surface area contributed by atoms with Gasteiger partial charge in [-0.15, -0.1) is 0 Å². The van der Waals surface area contributed by atoms with Crippen molar-refractivity contribution in [3.05, 3.63) is 59.9 Å². The first-order valence-electron chi connectivity index (χ1n) is 8.14. The van der Waals surface area contributed by atoms with Crippen molar-refractivity contribution in [2.45, 2.75) is 37.8 Å². The number of amides is 1. The average Bonchev–Trinajstić information content (AvgIpc) is 2.57. The van der Waals surface area contributed by atoms with Gasteiger partial charge in [-0.3, -0.25) is 19.7 Å². The van der Waals surface area contributed by atoms with Gasteiger partial charge in [0.05, 0.1) is 5.69 Å². The number of rotatable bonds is 7. The van der Waals surface area contributed by atoms with Crippen LogP contribution in [-0.4, -0.2) is 32.9 Å². The van der Waals surface area contributed by atoms with Gasteiger partial charge < -0.3 is 5.73 Å². The Hall–Kier alpha value is -2.34. The van der Waals surface area contributed by atoms with Crippen LogP contribution in [0.2, 0.25) is 0 Å². The van der Waals surface area contributed by atoms with E-state index in [-0.39, 0.29) is 11.7 Å². The van der Waals surface area contributed by atoms with E-state index in [1.165, 1.54) is 12.1 Å². The van der Waals surface area contributed by atoms with Crippen molar-refractivity contribution in [2.24, 2.45) is 5.73 Å². The van der Waals surface area contributed by atoms with Gasteiger partial charge in [0, 0.05) is 31.7 Å². The van der Waals surface area contributed by atoms with Crippen molar-refractivity contribution in [2.75, 3.05) is 6.54 Å². The number of nitrogens with zero attached hydrogens (tertiary/aromatic N) is 3. The number of nitrogens with two attached hydrogens (primary N) is 1. The highest BCUT2D eigenvalue weighted by molar-refractivity contribution is 5.85. The summed E-state index contributed by atoms with van der Waals surface area (Å²) in [5.41, 5.74) is 7.01. The van der Waals surface area contributed by atoms with Crippen molar-refractivity contribution in [3.63, 3.8) is 0 Å². The van der Waals surface area contributed by atoms with Crippen LogP contribution in [0.15, 0.2) is 42.9 Å². The van der Waals surface area contributed by atoms with Gasteiger partial charge in [0.15, 0.2) is 0 Å². The summed E-state index contributed by atoms with van der Waals surface area (Å²) in [5.74, 6) is -0.539. The van der Waals surface area contributed by atoms with Crippen molar-refractivity contribution in [1.82, 2.24) is 14.9 Å². The monoisotopic (exact) mass is 328 g/mol. The third-order valence-corrected chi connectivity index (χ3v) is 4.79. The summed E-state index contributed by atoms with van der Waals surface area (Å²) in [6, 6.07) is 6.38. The highest BCUT2D eigenvalue weighted by Gasteiger charge is 2.48. The number of hydrogen-bond donors (Lipinski definition) is 1. The lowest BCUT2D eigenvalue weighted by Gasteiger charge is -2.51. The van der Waals surface area contributed by atoms with Crippen LogP contribution >= 0.6 is 0 Å². The standard InChI is InChI=1S/C18H21FN4O/c19-15-5-3-14(4-6-15)13-23-11-8-18(23,17(20)24)7-1-2-16-12-21-9-10-22-16/h3-6,9-10,12H,1-2,7-8,11,13H2,(H2,20,24)/t18-/m0/s1. The van der Waals surface area contributed by atoms with Gasteiger partial charge in [-0.2, -0.15) is 0 Å². The maximum absolute atomic E-state index is 13.0. The van der Waals surface area contributed by atoms with Crippen molar-refractivity contribution >= 4 is 5.91 Å². The fourth-order valence-electron chi connectivity index (χ4n) is 3.29. The molecule has 0 aliphatic carbocycles. The largest absolute Gasteiger partial charge is 0.368 e. The number of primary amides is 1. The van der Waals surface area contributed by atoms with Crippen LogP contribution in [0.25, 0.3) is 0 Å². The van der Waals surface area contributed by atoms with E-state index in [9.17, 15) is 9.18 Å². The number of hydrogen-bond acceptors (Lipinski definition) is 4. The summed E-state index contributed by atoms with van der Waals surface area (Å²) in [4.78, 5) is 22.5. The predicted octanol–water partition coefficient (Wildman–Crippen LogP) is 2.07. The topological polar surface area (TPSA) is 72.1 Å². The second-order valence-electron chi connectivity index (χ2n) is 6.24. The minimum Gasteiger partial charge on any atom is -0.368 e. The van der Waals surface area contributed by atoms with E-state index in [4.69, 9.17) is 5.73 Å². The molecule has 2 N–H and O–H groups in total. The molecule has 3 rings (SSSR count). The van der Waals surface area contributed by atoms with Crippen LogP contribution in [0.3, 0.4) is 0 Å². The fraction of sp³-hybridized carbons (Fsp3) is 0.389. The van der Waals surface area contributed by atoms with Gasteiger partial charge >= 0.3 is 0 Å². The zero-order chi connectivity index (χ0) is 17.0. The minimum absolute atomic E-state index is 0.257. The Labute approximate surface area is 140 Å². The molecule has 1 aromatic carbocycles. The maximum atomic E-state index is 13.0. The minimum atomic E-state index is -0.601. The molecule has 2 aromatic rings. The molecule has 0 radical (unpaired) electrons. The Bertz CT molecular complexity index is 692. The predicted molar refractivity (Wildman–Crippen MR) is 88.3 cm³/mol. The highest BCUT2D eigenvalue weighted by atomic mass is 19.1. The van der Waals surface area contributed by atoms with Crippen LogP contribution in [-0.2, 0) is 17.8 Å². The molecule has 5 nitrogen and oxygen atoms in total. The molecule has 0 unspecified atom stereocenters.